The molecule has 0 spiro atoms. The first kappa shape index (κ1) is 14.9. The van der Waals surface area contributed by atoms with E-state index in [1.807, 2.05) is 0 Å². The quantitative estimate of drug-likeness (QED) is 0.576. The Hall–Kier alpha value is -0.120. The smallest absolute Gasteiger partial charge is 0.0431 e. The number of nitrogens with two attached hydrogens (primary N) is 1. The second-order valence-corrected chi connectivity index (χ2v) is 4.61. The summed E-state index contributed by atoms with van der Waals surface area (Å²) in [5, 5.41) is 8.65. The van der Waals surface area contributed by atoms with Crippen molar-refractivity contribution in [2.75, 3.05) is 26.7 Å². The molecule has 0 aromatic heterocycles. The largest absolute Gasteiger partial charge is 0.396 e. The maximum absolute atomic E-state index is 8.65. The van der Waals surface area contributed by atoms with Gasteiger partial charge in [0.05, 0.1) is 0 Å². The van der Waals surface area contributed by atoms with E-state index >= 15 is 0 Å². The molecule has 92 valence electrons. The van der Waals surface area contributed by atoms with Crippen LogP contribution >= 0.6 is 0 Å². The molecule has 0 aromatic carbocycles. The first-order chi connectivity index (χ1) is 7.10. The van der Waals surface area contributed by atoms with E-state index in [0.717, 1.165) is 32.4 Å². The molecule has 0 fully saturated rings. The highest BCUT2D eigenvalue weighted by Gasteiger charge is 2.24. The highest BCUT2D eigenvalue weighted by molar-refractivity contribution is 4.83. The Labute approximate surface area is 94.6 Å². The van der Waals surface area contributed by atoms with Crippen LogP contribution in [0.15, 0.2) is 0 Å². The zero-order chi connectivity index (χ0) is 11.7. The lowest BCUT2D eigenvalue weighted by Crippen LogP contribution is -2.49. The Balaban J connectivity index is 3.67. The van der Waals surface area contributed by atoms with Crippen molar-refractivity contribution in [3.63, 3.8) is 0 Å². The molecule has 0 aliphatic carbocycles. The van der Waals surface area contributed by atoms with Crippen LogP contribution in [0.1, 0.15) is 46.0 Å². The Kier molecular flexibility index (Phi) is 8.02. The van der Waals surface area contributed by atoms with Gasteiger partial charge < -0.3 is 10.8 Å². The van der Waals surface area contributed by atoms with Crippen molar-refractivity contribution < 1.29 is 5.11 Å². The normalized spacial score (nSPS) is 15.6. The highest BCUT2D eigenvalue weighted by Crippen LogP contribution is 2.16. The van der Waals surface area contributed by atoms with Gasteiger partial charge in [0.25, 0.3) is 0 Å². The van der Waals surface area contributed by atoms with Crippen molar-refractivity contribution in [3.05, 3.63) is 0 Å². The van der Waals surface area contributed by atoms with E-state index in [1.54, 1.807) is 0 Å². The summed E-state index contributed by atoms with van der Waals surface area (Å²) in [6.45, 7) is 6.56. The summed E-state index contributed by atoms with van der Waals surface area (Å²) in [6.07, 6.45) is 5.57. The summed E-state index contributed by atoms with van der Waals surface area (Å²) in [6, 6.07) is 0. The number of aliphatic hydroxyl groups is 1. The molecule has 0 aliphatic heterocycles. The van der Waals surface area contributed by atoms with Crippen LogP contribution < -0.4 is 5.73 Å². The molecule has 1 atom stereocenters. The lowest BCUT2D eigenvalue weighted by atomic mass is 9.97. The summed E-state index contributed by atoms with van der Waals surface area (Å²) in [4.78, 5) is 2.37. The fourth-order valence-electron chi connectivity index (χ4n) is 1.65. The van der Waals surface area contributed by atoms with Crippen LogP contribution in [0.25, 0.3) is 0 Å². The molecule has 3 N–H and O–H groups in total. The molecular formula is C12H28N2O. The molecule has 0 aromatic rings. The Morgan fingerprint density at radius 3 is 2.27 bits per heavy atom. The third-order valence-electron chi connectivity index (χ3n) is 3.52. The SMILES string of the molecule is CCC(C)(CN)N(C)CCCCCCO. The van der Waals surface area contributed by atoms with Crippen molar-refractivity contribution in [2.24, 2.45) is 5.73 Å². The number of nitrogens with zero attached hydrogens (tertiary/aromatic N) is 1. The van der Waals surface area contributed by atoms with Crippen LogP contribution in [-0.4, -0.2) is 42.3 Å². The van der Waals surface area contributed by atoms with Gasteiger partial charge >= 0.3 is 0 Å². The second kappa shape index (κ2) is 8.08. The second-order valence-electron chi connectivity index (χ2n) is 4.61. The van der Waals surface area contributed by atoms with Crippen molar-refractivity contribution >= 4 is 0 Å². The average Bonchev–Trinajstić information content (AvgIpc) is 2.27. The van der Waals surface area contributed by atoms with E-state index in [-0.39, 0.29) is 5.54 Å². The summed E-state index contributed by atoms with van der Waals surface area (Å²) < 4.78 is 0. The summed E-state index contributed by atoms with van der Waals surface area (Å²) in [7, 11) is 2.16. The molecule has 0 saturated heterocycles. The van der Waals surface area contributed by atoms with Crippen molar-refractivity contribution in [1.29, 1.82) is 0 Å². The van der Waals surface area contributed by atoms with Crippen LogP contribution in [0.4, 0.5) is 0 Å². The minimum Gasteiger partial charge on any atom is -0.396 e. The average molecular weight is 216 g/mol. The van der Waals surface area contributed by atoms with Gasteiger partial charge in [-0.25, -0.2) is 0 Å². The van der Waals surface area contributed by atoms with Crippen LogP contribution in [0.5, 0.6) is 0 Å². The predicted molar refractivity (Wildman–Crippen MR) is 65.9 cm³/mol. The van der Waals surface area contributed by atoms with E-state index in [2.05, 4.69) is 25.8 Å². The van der Waals surface area contributed by atoms with Gasteiger partial charge in [-0.2, -0.15) is 0 Å². The molecule has 15 heavy (non-hydrogen) atoms. The maximum atomic E-state index is 8.65. The fourth-order valence-corrected chi connectivity index (χ4v) is 1.65. The van der Waals surface area contributed by atoms with E-state index in [9.17, 15) is 0 Å². The van der Waals surface area contributed by atoms with E-state index in [0.29, 0.717) is 6.61 Å². The lowest BCUT2D eigenvalue weighted by molar-refractivity contribution is 0.136. The number of hydrogen-bond donors (Lipinski definition) is 2. The van der Waals surface area contributed by atoms with Crippen molar-refractivity contribution in [3.8, 4) is 0 Å². The fraction of sp³-hybridized carbons (Fsp3) is 1.00. The summed E-state index contributed by atoms with van der Waals surface area (Å²) >= 11 is 0. The third-order valence-corrected chi connectivity index (χ3v) is 3.52. The molecule has 0 bridgehead atoms. The molecule has 0 amide bonds. The van der Waals surface area contributed by atoms with E-state index < -0.39 is 0 Å². The number of aliphatic hydroxyl groups excluding tert-OH is 1. The molecule has 0 heterocycles. The van der Waals surface area contributed by atoms with E-state index in [4.69, 9.17) is 10.8 Å². The van der Waals surface area contributed by atoms with Crippen molar-refractivity contribution in [2.45, 2.75) is 51.5 Å². The topological polar surface area (TPSA) is 49.5 Å². The first-order valence-electron chi connectivity index (χ1n) is 6.13. The molecule has 3 nitrogen and oxygen atoms in total. The minimum absolute atomic E-state index is 0.150. The van der Waals surface area contributed by atoms with Gasteiger partial charge in [-0.05, 0) is 39.8 Å². The van der Waals surface area contributed by atoms with Crippen LogP contribution in [0, 0.1) is 0 Å². The van der Waals surface area contributed by atoms with Crippen molar-refractivity contribution in [1.82, 2.24) is 4.90 Å². The highest BCUT2D eigenvalue weighted by atomic mass is 16.2. The molecular weight excluding hydrogens is 188 g/mol. The van der Waals surface area contributed by atoms with Crippen LogP contribution in [-0.2, 0) is 0 Å². The zero-order valence-electron chi connectivity index (χ0n) is 10.6. The zero-order valence-corrected chi connectivity index (χ0v) is 10.6. The third kappa shape index (κ3) is 5.50. The molecule has 0 rings (SSSR count). The summed E-state index contributed by atoms with van der Waals surface area (Å²) in [5.41, 5.74) is 5.95. The molecule has 0 aliphatic rings. The lowest BCUT2D eigenvalue weighted by Gasteiger charge is -2.37. The number of likely N-dealkylation sites (N-methyl/N-ethyl adjacent to an activating group) is 1. The van der Waals surface area contributed by atoms with Gasteiger partial charge in [0.1, 0.15) is 0 Å². The molecule has 0 saturated carbocycles. The van der Waals surface area contributed by atoms with Gasteiger partial charge in [-0.1, -0.05) is 19.8 Å². The first-order valence-corrected chi connectivity index (χ1v) is 6.13. The van der Waals surface area contributed by atoms with Gasteiger partial charge in [0.2, 0.25) is 0 Å². The molecule has 3 heteroatoms. The maximum Gasteiger partial charge on any atom is 0.0431 e. The van der Waals surface area contributed by atoms with Gasteiger partial charge in [-0.15, -0.1) is 0 Å². The summed E-state index contributed by atoms with van der Waals surface area (Å²) in [5.74, 6) is 0. The predicted octanol–water partition coefficient (Wildman–Crippen LogP) is 1.60. The van der Waals surface area contributed by atoms with E-state index in [1.165, 1.54) is 12.8 Å². The standard InChI is InChI=1S/C12H28N2O/c1-4-12(2,11-13)14(3)9-7-5-6-8-10-15/h15H,4-11,13H2,1-3H3. The molecule has 1 unspecified atom stereocenters. The van der Waals surface area contributed by atoms with Crippen LogP contribution in [0.3, 0.4) is 0 Å². The number of hydrogen-bond acceptors (Lipinski definition) is 3. The monoisotopic (exact) mass is 216 g/mol. The molecule has 0 radical (unpaired) electrons. The number of rotatable bonds is 9. The van der Waals surface area contributed by atoms with Crippen LogP contribution in [0.2, 0.25) is 0 Å². The minimum atomic E-state index is 0.150. The van der Waals surface area contributed by atoms with Gasteiger partial charge in [0, 0.05) is 18.7 Å². The van der Waals surface area contributed by atoms with Gasteiger partial charge in [0.15, 0.2) is 0 Å². The Bertz CT molecular complexity index is 147. The number of unbranched alkanes of at least 4 members (excludes halogenated alkanes) is 3. The Morgan fingerprint density at radius 2 is 1.80 bits per heavy atom. The Morgan fingerprint density at radius 1 is 1.20 bits per heavy atom. The van der Waals surface area contributed by atoms with Gasteiger partial charge in [-0.3, -0.25) is 4.90 Å².